The Labute approximate surface area is 134 Å². The van der Waals surface area contributed by atoms with Crippen molar-refractivity contribution in [3.05, 3.63) is 39.5 Å². The number of benzene rings is 1. The predicted octanol–water partition coefficient (Wildman–Crippen LogP) is 2.66. The molecule has 0 aliphatic carbocycles. The first-order chi connectivity index (χ1) is 9.66. The standard InChI is InChI=1S/C11H9Cl2N3O3S2/c1-5-10(21(14,18)19)20-11(15-5)16-9(17)6-2-7(12)4-8(13)3-6/h2-4H,1H3,(H2,14,18,19)(H,15,16,17). The highest BCUT2D eigenvalue weighted by molar-refractivity contribution is 7.91. The van der Waals surface area contributed by atoms with Gasteiger partial charge in [0.1, 0.15) is 0 Å². The lowest BCUT2D eigenvalue weighted by Crippen LogP contribution is -2.11. The van der Waals surface area contributed by atoms with E-state index in [1.165, 1.54) is 25.1 Å². The van der Waals surface area contributed by atoms with Gasteiger partial charge in [0.2, 0.25) is 10.0 Å². The number of nitrogens with one attached hydrogen (secondary N) is 1. The minimum atomic E-state index is -3.86. The van der Waals surface area contributed by atoms with Crippen LogP contribution in [-0.2, 0) is 10.0 Å². The van der Waals surface area contributed by atoms with Crippen molar-refractivity contribution in [3.63, 3.8) is 0 Å². The molecular formula is C11H9Cl2N3O3S2. The van der Waals surface area contributed by atoms with E-state index < -0.39 is 15.9 Å². The second-order valence-corrected chi connectivity index (χ2v) is 7.68. The maximum Gasteiger partial charge on any atom is 0.257 e. The number of carbonyl (C=O) groups is 1. The van der Waals surface area contributed by atoms with Gasteiger partial charge in [-0.05, 0) is 25.1 Å². The number of hydrogen-bond acceptors (Lipinski definition) is 5. The van der Waals surface area contributed by atoms with Crippen LogP contribution < -0.4 is 10.5 Å². The van der Waals surface area contributed by atoms with Crippen molar-refractivity contribution in [1.29, 1.82) is 0 Å². The van der Waals surface area contributed by atoms with E-state index in [1.54, 1.807) is 0 Å². The van der Waals surface area contributed by atoms with Crippen LogP contribution in [-0.4, -0.2) is 19.3 Å². The number of aromatic nitrogens is 1. The summed E-state index contributed by atoms with van der Waals surface area (Å²) in [6, 6.07) is 4.36. The first kappa shape index (κ1) is 16.2. The number of amides is 1. The molecule has 0 spiro atoms. The molecule has 2 aromatic rings. The fourth-order valence-corrected chi connectivity index (χ4v) is 3.93. The molecule has 0 unspecified atom stereocenters. The molecule has 2 rings (SSSR count). The fourth-order valence-electron chi connectivity index (χ4n) is 1.55. The molecule has 3 N–H and O–H groups in total. The average molecular weight is 366 g/mol. The molecule has 21 heavy (non-hydrogen) atoms. The quantitative estimate of drug-likeness (QED) is 0.872. The molecule has 10 heteroatoms. The predicted molar refractivity (Wildman–Crippen MR) is 82.6 cm³/mol. The lowest BCUT2D eigenvalue weighted by atomic mass is 10.2. The summed E-state index contributed by atoms with van der Waals surface area (Å²) in [6.45, 7) is 1.49. The zero-order valence-electron chi connectivity index (χ0n) is 10.6. The third kappa shape index (κ3) is 3.92. The van der Waals surface area contributed by atoms with E-state index in [0.29, 0.717) is 10.0 Å². The molecule has 1 heterocycles. The average Bonchev–Trinajstić information content (AvgIpc) is 2.68. The van der Waals surface area contributed by atoms with Crippen LogP contribution in [0.15, 0.2) is 22.4 Å². The first-order valence-corrected chi connectivity index (χ1v) is 8.56. The van der Waals surface area contributed by atoms with Gasteiger partial charge >= 0.3 is 0 Å². The number of rotatable bonds is 3. The Morgan fingerprint density at radius 1 is 1.29 bits per heavy atom. The summed E-state index contributed by atoms with van der Waals surface area (Å²) in [7, 11) is -3.86. The smallest absolute Gasteiger partial charge is 0.257 e. The minimum absolute atomic E-state index is 0.0954. The van der Waals surface area contributed by atoms with E-state index >= 15 is 0 Å². The summed E-state index contributed by atoms with van der Waals surface area (Å²) in [6.07, 6.45) is 0. The normalized spacial score (nSPS) is 11.4. The highest BCUT2D eigenvalue weighted by Gasteiger charge is 2.19. The van der Waals surface area contributed by atoms with E-state index in [0.717, 1.165) is 11.3 Å². The first-order valence-electron chi connectivity index (χ1n) is 5.44. The Bertz CT molecular complexity index is 798. The summed E-state index contributed by atoms with van der Waals surface area (Å²) >= 11 is 12.4. The van der Waals surface area contributed by atoms with E-state index in [-0.39, 0.29) is 20.6 Å². The number of aryl methyl sites for hydroxylation is 1. The maximum atomic E-state index is 12.0. The fraction of sp³-hybridized carbons (Fsp3) is 0.0909. The molecule has 0 fully saturated rings. The van der Waals surface area contributed by atoms with Crippen molar-refractivity contribution in [3.8, 4) is 0 Å². The number of anilines is 1. The van der Waals surface area contributed by atoms with E-state index in [2.05, 4.69) is 10.3 Å². The van der Waals surface area contributed by atoms with Gasteiger partial charge in [-0.3, -0.25) is 10.1 Å². The Morgan fingerprint density at radius 2 is 1.86 bits per heavy atom. The third-order valence-electron chi connectivity index (χ3n) is 2.36. The molecule has 6 nitrogen and oxygen atoms in total. The maximum absolute atomic E-state index is 12.0. The van der Waals surface area contributed by atoms with Gasteiger partial charge in [-0.15, -0.1) is 0 Å². The van der Waals surface area contributed by atoms with Crippen LogP contribution in [0.25, 0.3) is 0 Å². The van der Waals surface area contributed by atoms with Crippen molar-refractivity contribution in [2.45, 2.75) is 11.1 Å². The number of carbonyl (C=O) groups excluding carboxylic acids is 1. The van der Waals surface area contributed by atoms with E-state index in [9.17, 15) is 13.2 Å². The van der Waals surface area contributed by atoms with Gasteiger partial charge in [0.05, 0.1) is 5.69 Å². The van der Waals surface area contributed by atoms with Crippen LogP contribution in [0.1, 0.15) is 16.1 Å². The van der Waals surface area contributed by atoms with Crippen LogP contribution in [0.2, 0.25) is 10.0 Å². The van der Waals surface area contributed by atoms with Gasteiger partial charge in [-0.1, -0.05) is 34.5 Å². The topological polar surface area (TPSA) is 102 Å². The second kappa shape index (κ2) is 5.90. The van der Waals surface area contributed by atoms with Crippen molar-refractivity contribution in [2.24, 2.45) is 5.14 Å². The molecule has 0 saturated carbocycles. The summed E-state index contributed by atoms with van der Waals surface area (Å²) in [4.78, 5) is 16.0. The highest BCUT2D eigenvalue weighted by atomic mass is 35.5. The molecule has 0 bridgehead atoms. The van der Waals surface area contributed by atoms with Gasteiger partial charge in [0.15, 0.2) is 9.34 Å². The minimum Gasteiger partial charge on any atom is -0.298 e. The van der Waals surface area contributed by atoms with Gasteiger partial charge in [0, 0.05) is 15.6 Å². The zero-order chi connectivity index (χ0) is 15.8. The lowest BCUT2D eigenvalue weighted by Gasteiger charge is -2.03. The number of hydrogen-bond donors (Lipinski definition) is 2. The largest absolute Gasteiger partial charge is 0.298 e. The Kier molecular flexibility index (Phi) is 4.54. The third-order valence-corrected chi connectivity index (χ3v) is 5.42. The van der Waals surface area contributed by atoms with Crippen molar-refractivity contribution < 1.29 is 13.2 Å². The number of thiazole rings is 1. The SMILES string of the molecule is Cc1nc(NC(=O)c2cc(Cl)cc(Cl)c2)sc1S(N)(=O)=O. The molecule has 1 aromatic heterocycles. The summed E-state index contributed by atoms with van der Waals surface area (Å²) < 4.78 is 22.5. The lowest BCUT2D eigenvalue weighted by molar-refractivity contribution is 0.102. The molecule has 0 saturated heterocycles. The van der Waals surface area contributed by atoms with Crippen molar-refractivity contribution in [1.82, 2.24) is 4.98 Å². The number of nitrogens with zero attached hydrogens (tertiary/aromatic N) is 1. The van der Waals surface area contributed by atoms with Gasteiger partial charge in [0.25, 0.3) is 5.91 Å². The Morgan fingerprint density at radius 3 is 2.33 bits per heavy atom. The Balaban J connectivity index is 2.28. The van der Waals surface area contributed by atoms with Crippen LogP contribution in [0.5, 0.6) is 0 Å². The molecule has 0 radical (unpaired) electrons. The number of nitrogens with two attached hydrogens (primary N) is 1. The van der Waals surface area contributed by atoms with Gasteiger partial charge < -0.3 is 0 Å². The summed E-state index contributed by atoms with van der Waals surface area (Å²) in [5.74, 6) is -0.505. The van der Waals surface area contributed by atoms with E-state index in [1.807, 2.05) is 0 Å². The summed E-state index contributed by atoms with van der Waals surface area (Å²) in [5.41, 5.74) is 0.458. The van der Waals surface area contributed by atoms with Crippen molar-refractivity contribution >= 4 is 55.6 Å². The number of sulfonamides is 1. The van der Waals surface area contributed by atoms with Crippen LogP contribution >= 0.6 is 34.5 Å². The zero-order valence-corrected chi connectivity index (χ0v) is 13.7. The van der Waals surface area contributed by atoms with Crippen LogP contribution in [0.4, 0.5) is 5.13 Å². The molecule has 0 aliphatic heterocycles. The van der Waals surface area contributed by atoms with E-state index in [4.69, 9.17) is 28.3 Å². The molecule has 112 valence electrons. The Hall–Kier alpha value is -1.19. The van der Waals surface area contributed by atoms with Gasteiger partial charge in [-0.25, -0.2) is 18.5 Å². The highest BCUT2D eigenvalue weighted by Crippen LogP contribution is 2.27. The molecule has 0 aliphatic rings. The number of halogens is 2. The number of primary sulfonamides is 1. The molecular weight excluding hydrogens is 357 g/mol. The van der Waals surface area contributed by atoms with Crippen molar-refractivity contribution in [2.75, 3.05) is 5.32 Å². The summed E-state index contributed by atoms with van der Waals surface area (Å²) in [5, 5.41) is 8.27. The second-order valence-electron chi connectivity index (χ2n) is 4.05. The molecule has 1 amide bonds. The van der Waals surface area contributed by atoms with Crippen LogP contribution in [0, 0.1) is 6.92 Å². The van der Waals surface area contributed by atoms with Crippen LogP contribution in [0.3, 0.4) is 0 Å². The molecule has 1 aromatic carbocycles. The monoisotopic (exact) mass is 365 g/mol. The van der Waals surface area contributed by atoms with Gasteiger partial charge in [-0.2, -0.15) is 0 Å². The molecule has 0 atom stereocenters.